The molecule has 94 valence electrons. The van der Waals surface area contributed by atoms with Gasteiger partial charge in [-0.3, -0.25) is 0 Å². The summed E-state index contributed by atoms with van der Waals surface area (Å²) in [7, 11) is 1.54. The molecule has 0 fully saturated rings. The van der Waals surface area contributed by atoms with E-state index in [1.807, 2.05) is 0 Å². The molecule has 0 saturated heterocycles. The van der Waals surface area contributed by atoms with E-state index in [1.165, 1.54) is 13.2 Å². The highest BCUT2D eigenvalue weighted by atomic mass is 16.5. The third-order valence-electron chi connectivity index (χ3n) is 2.26. The average molecular weight is 240 g/mol. The molecule has 17 heavy (non-hydrogen) atoms. The molecule has 1 heterocycles. The molecule has 3 N–H and O–H groups in total. The fraction of sp³-hybridized carbons (Fsp3) is 0.455. The first-order valence-corrected chi connectivity index (χ1v) is 5.15. The number of pyridine rings is 1. The second-order valence-electron chi connectivity index (χ2n) is 3.61. The fourth-order valence-electron chi connectivity index (χ4n) is 1.42. The van der Waals surface area contributed by atoms with Crippen molar-refractivity contribution >= 4 is 11.8 Å². The molecule has 0 aliphatic rings. The van der Waals surface area contributed by atoms with Crippen LogP contribution in [0.15, 0.2) is 12.1 Å². The number of carboxylic acid groups (broad SMARTS) is 1. The number of aromatic nitrogens is 1. The maximum atomic E-state index is 10.8. The predicted molar refractivity (Wildman–Crippen MR) is 62.3 cm³/mol. The summed E-state index contributed by atoms with van der Waals surface area (Å²) >= 11 is 0. The minimum absolute atomic E-state index is 0.0880. The van der Waals surface area contributed by atoms with Gasteiger partial charge in [-0.2, -0.15) is 0 Å². The third kappa shape index (κ3) is 3.69. The highest BCUT2D eigenvalue weighted by molar-refractivity contribution is 5.89. The van der Waals surface area contributed by atoms with Gasteiger partial charge in [0.15, 0.2) is 0 Å². The number of rotatable bonds is 6. The van der Waals surface area contributed by atoms with Crippen LogP contribution in [-0.4, -0.2) is 47.5 Å². The van der Waals surface area contributed by atoms with Gasteiger partial charge >= 0.3 is 5.97 Å². The van der Waals surface area contributed by atoms with Crippen LogP contribution >= 0.6 is 0 Å². The summed E-state index contributed by atoms with van der Waals surface area (Å²) in [4.78, 5) is 14.9. The number of hydrogen-bond donors (Lipinski definition) is 3. The molecule has 1 rings (SSSR count). The maximum absolute atomic E-state index is 10.8. The molecule has 1 unspecified atom stereocenters. The van der Waals surface area contributed by atoms with Crippen molar-refractivity contribution in [2.45, 2.75) is 13.0 Å². The zero-order valence-corrected chi connectivity index (χ0v) is 9.80. The average Bonchev–Trinajstić information content (AvgIpc) is 2.28. The second kappa shape index (κ2) is 6.17. The molecule has 0 aliphatic carbocycles. The number of aliphatic hydroxyl groups is 1. The molecule has 0 aliphatic heterocycles. The van der Waals surface area contributed by atoms with Crippen molar-refractivity contribution in [3.05, 3.63) is 23.4 Å². The van der Waals surface area contributed by atoms with E-state index in [9.17, 15) is 4.79 Å². The van der Waals surface area contributed by atoms with Crippen LogP contribution in [0.2, 0.25) is 0 Å². The summed E-state index contributed by atoms with van der Waals surface area (Å²) in [5.41, 5.74) is 0.597. The van der Waals surface area contributed by atoms with E-state index in [0.717, 1.165) is 0 Å². The molecule has 0 bridgehead atoms. The first-order chi connectivity index (χ1) is 8.08. The number of methoxy groups -OCH3 is 1. The number of aromatic carboxylic acids is 1. The van der Waals surface area contributed by atoms with Crippen LogP contribution < -0.4 is 5.32 Å². The van der Waals surface area contributed by atoms with Gasteiger partial charge in [0.05, 0.1) is 30.5 Å². The van der Waals surface area contributed by atoms with Crippen LogP contribution in [0.1, 0.15) is 16.1 Å². The first kappa shape index (κ1) is 13.4. The van der Waals surface area contributed by atoms with E-state index in [1.54, 1.807) is 13.0 Å². The topological polar surface area (TPSA) is 91.7 Å². The monoisotopic (exact) mass is 240 g/mol. The molecular formula is C11H16N2O4. The Morgan fingerprint density at radius 3 is 2.76 bits per heavy atom. The van der Waals surface area contributed by atoms with E-state index < -0.39 is 5.97 Å². The van der Waals surface area contributed by atoms with Crippen LogP contribution in [0, 0.1) is 6.92 Å². The van der Waals surface area contributed by atoms with Crippen molar-refractivity contribution in [2.75, 3.05) is 25.6 Å². The maximum Gasteiger partial charge on any atom is 0.337 e. The molecule has 6 heteroatoms. The summed E-state index contributed by atoms with van der Waals surface area (Å²) in [5, 5.41) is 20.9. The molecule has 6 nitrogen and oxygen atoms in total. The largest absolute Gasteiger partial charge is 0.478 e. The predicted octanol–water partition coefficient (Wildman–Crippen LogP) is 0.507. The van der Waals surface area contributed by atoms with Crippen molar-refractivity contribution in [1.29, 1.82) is 0 Å². The van der Waals surface area contributed by atoms with E-state index in [2.05, 4.69) is 10.3 Å². The van der Waals surface area contributed by atoms with Gasteiger partial charge in [-0.15, -0.1) is 0 Å². The van der Waals surface area contributed by atoms with Gasteiger partial charge in [-0.05, 0) is 19.1 Å². The number of aliphatic hydroxyl groups excluding tert-OH is 1. The Bertz CT molecular complexity index is 395. The Morgan fingerprint density at radius 1 is 1.59 bits per heavy atom. The smallest absolute Gasteiger partial charge is 0.337 e. The lowest BCUT2D eigenvalue weighted by Gasteiger charge is -2.16. The number of nitrogens with one attached hydrogen (secondary N) is 1. The lowest BCUT2D eigenvalue weighted by Crippen LogP contribution is -2.29. The van der Waals surface area contributed by atoms with Crippen LogP contribution in [0.4, 0.5) is 5.82 Å². The van der Waals surface area contributed by atoms with Gasteiger partial charge < -0.3 is 20.3 Å². The van der Waals surface area contributed by atoms with Crippen molar-refractivity contribution in [3.63, 3.8) is 0 Å². The molecule has 0 aromatic carbocycles. The van der Waals surface area contributed by atoms with E-state index in [0.29, 0.717) is 18.1 Å². The quantitative estimate of drug-likeness (QED) is 0.671. The van der Waals surface area contributed by atoms with Gasteiger partial charge in [0.2, 0.25) is 0 Å². The number of anilines is 1. The summed E-state index contributed by atoms with van der Waals surface area (Å²) in [6.07, 6.45) is 0. The molecule has 0 saturated carbocycles. The Kier molecular flexibility index (Phi) is 4.86. The van der Waals surface area contributed by atoms with Crippen LogP contribution in [0.3, 0.4) is 0 Å². The van der Waals surface area contributed by atoms with E-state index in [-0.39, 0.29) is 18.2 Å². The Morgan fingerprint density at radius 2 is 2.29 bits per heavy atom. The number of carbonyl (C=O) groups is 1. The number of ether oxygens (including phenoxy) is 1. The number of carboxylic acids is 1. The normalized spacial score (nSPS) is 12.2. The lowest BCUT2D eigenvalue weighted by molar-refractivity contribution is 0.0695. The van der Waals surface area contributed by atoms with Crippen LogP contribution in [-0.2, 0) is 4.74 Å². The molecule has 1 aromatic rings. The zero-order chi connectivity index (χ0) is 12.8. The van der Waals surface area contributed by atoms with Crippen LogP contribution in [0.25, 0.3) is 0 Å². The molecular weight excluding hydrogens is 224 g/mol. The fourth-order valence-corrected chi connectivity index (χ4v) is 1.42. The van der Waals surface area contributed by atoms with E-state index >= 15 is 0 Å². The molecule has 0 spiro atoms. The van der Waals surface area contributed by atoms with Crippen LogP contribution in [0.5, 0.6) is 0 Å². The number of nitrogens with zero attached hydrogens (tertiary/aromatic N) is 1. The third-order valence-corrected chi connectivity index (χ3v) is 2.26. The summed E-state index contributed by atoms with van der Waals surface area (Å²) in [5.74, 6) is -0.485. The number of aryl methyl sites for hydroxylation is 1. The molecule has 0 radical (unpaired) electrons. The second-order valence-corrected chi connectivity index (χ2v) is 3.61. The molecule has 1 aromatic heterocycles. The minimum atomic E-state index is -1.00. The molecule has 1 atom stereocenters. The van der Waals surface area contributed by atoms with Crippen molar-refractivity contribution in [2.24, 2.45) is 0 Å². The highest BCUT2D eigenvalue weighted by Gasteiger charge is 2.11. The van der Waals surface area contributed by atoms with Gasteiger partial charge in [-0.25, -0.2) is 9.78 Å². The standard InChI is InChI=1S/C11H16N2O4/c1-7-9(11(15)16)3-4-10(12-7)13-8(5-14)6-17-2/h3-4,8,14H,5-6H2,1-2H3,(H,12,13)(H,15,16). The van der Waals surface area contributed by atoms with Gasteiger partial charge in [0, 0.05) is 7.11 Å². The van der Waals surface area contributed by atoms with Crippen molar-refractivity contribution in [1.82, 2.24) is 4.98 Å². The number of hydrogen-bond acceptors (Lipinski definition) is 5. The summed E-state index contributed by atoms with van der Waals surface area (Å²) in [6.45, 7) is 1.88. The van der Waals surface area contributed by atoms with Gasteiger partial charge in [0.1, 0.15) is 5.82 Å². The van der Waals surface area contributed by atoms with E-state index in [4.69, 9.17) is 14.9 Å². The lowest BCUT2D eigenvalue weighted by atomic mass is 10.2. The highest BCUT2D eigenvalue weighted by Crippen LogP contribution is 2.11. The summed E-state index contributed by atoms with van der Waals surface area (Å²) < 4.78 is 4.91. The van der Waals surface area contributed by atoms with Crippen molar-refractivity contribution < 1.29 is 19.7 Å². The first-order valence-electron chi connectivity index (χ1n) is 5.15. The SMILES string of the molecule is COCC(CO)Nc1ccc(C(=O)O)c(C)n1. The summed E-state index contributed by atoms with van der Waals surface area (Å²) in [6, 6.07) is 2.78. The van der Waals surface area contributed by atoms with Crippen molar-refractivity contribution in [3.8, 4) is 0 Å². The Hall–Kier alpha value is -1.66. The Balaban J connectivity index is 2.79. The van der Waals surface area contributed by atoms with Gasteiger partial charge in [-0.1, -0.05) is 0 Å². The zero-order valence-electron chi connectivity index (χ0n) is 9.80. The Labute approximate surface area is 99.3 Å². The minimum Gasteiger partial charge on any atom is -0.478 e. The molecule has 0 amide bonds. The van der Waals surface area contributed by atoms with Gasteiger partial charge in [0.25, 0.3) is 0 Å².